The summed E-state index contributed by atoms with van der Waals surface area (Å²) < 4.78 is 18.1. The Morgan fingerprint density at radius 3 is 2.70 bits per heavy atom. The van der Waals surface area contributed by atoms with Gasteiger partial charge in [-0.3, -0.25) is 14.5 Å². The highest BCUT2D eigenvalue weighted by atomic mass is 16.7. The van der Waals surface area contributed by atoms with Crippen LogP contribution in [0.1, 0.15) is 29.8 Å². The number of morpholine rings is 1. The van der Waals surface area contributed by atoms with Crippen molar-refractivity contribution in [2.75, 3.05) is 46.0 Å². The SMILES string of the molecule is Cc1ccn(CCN2CCOCC2)c(=O)c1C(=O)NCC1COC(C)(C)O1. The number of rotatable bonds is 6. The number of hydrogen-bond acceptors (Lipinski definition) is 6. The van der Waals surface area contributed by atoms with Gasteiger partial charge in [0.1, 0.15) is 11.7 Å². The molecule has 1 unspecified atom stereocenters. The van der Waals surface area contributed by atoms with E-state index in [0.717, 1.165) is 32.8 Å². The molecule has 0 spiro atoms. The van der Waals surface area contributed by atoms with Crippen LogP contribution >= 0.6 is 0 Å². The van der Waals surface area contributed by atoms with Crippen molar-refractivity contribution in [1.82, 2.24) is 14.8 Å². The second-order valence-corrected chi connectivity index (χ2v) is 7.49. The van der Waals surface area contributed by atoms with Crippen molar-refractivity contribution in [3.63, 3.8) is 0 Å². The van der Waals surface area contributed by atoms with Crippen LogP contribution in [0.15, 0.2) is 17.1 Å². The average molecular weight is 379 g/mol. The molecule has 0 bridgehead atoms. The van der Waals surface area contributed by atoms with Gasteiger partial charge in [0.25, 0.3) is 11.5 Å². The van der Waals surface area contributed by atoms with Crippen LogP contribution in [0.4, 0.5) is 0 Å². The van der Waals surface area contributed by atoms with Crippen molar-refractivity contribution < 1.29 is 19.0 Å². The predicted molar refractivity (Wildman–Crippen MR) is 99.9 cm³/mol. The van der Waals surface area contributed by atoms with Crippen LogP contribution in [-0.2, 0) is 20.8 Å². The number of carbonyl (C=O) groups excluding carboxylic acids is 1. The molecule has 1 N–H and O–H groups in total. The van der Waals surface area contributed by atoms with Crippen molar-refractivity contribution in [3.05, 3.63) is 33.7 Å². The van der Waals surface area contributed by atoms with Gasteiger partial charge in [0.2, 0.25) is 0 Å². The fourth-order valence-electron chi connectivity index (χ4n) is 3.35. The molecule has 0 aliphatic carbocycles. The minimum Gasteiger partial charge on any atom is -0.379 e. The van der Waals surface area contributed by atoms with Crippen LogP contribution in [-0.4, -0.2) is 73.3 Å². The number of aryl methyl sites for hydroxylation is 1. The Morgan fingerprint density at radius 2 is 2.04 bits per heavy atom. The molecule has 8 nitrogen and oxygen atoms in total. The summed E-state index contributed by atoms with van der Waals surface area (Å²) in [6, 6.07) is 1.81. The monoisotopic (exact) mass is 379 g/mol. The molecule has 2 saturated heterocycles. The number of nitrogens with one attached hydrogen (secondary N) is 1. The van der Waals surface area contributed by atoms with E-state index in [9.17, 15) is 9.59 Å². The number of pyridine rings is 1. The van der Waals surface area contributed by atoms with Gasteiger partial charge >= 0.3 is 0 Å². The second-order valence-electron chi connectivity index (χ2n) is 7.49. The Labute approximate surface area is 159 Å². The predicted octanol–water partition coefficient (Wildman–Crippen LogP) is 0.370. The van der Waals surface area contributed by atoms with Gasteiger partial charge in [-0.15, -0.1) is 0 Å². The largest absolute Gasteiger partial charge is 0.379 e. The summed E-state index contributed by atoms with van der Waals surface area (Å²) in [6.07, 6.45) is 1.54. The summed E-state index contributed by atoms with van der Waals surface area (Å²) in [7, 11) is 0. The number of nitrogens with zero attached hydrogens (tertiary/aromatic N) is 2. The molecule has 1 aromatic heterocycles. The lowest BCUT2D eigenvalue weighted by molar-refractivity contribution is -0.137. The summed E-state index contributed by atoms with van der Waals surface area (Å²) >= 11 is 0. The van der Waals surface area contributed by atoms with E-state index < -0.39 is 5.79 Å². The van der Waals surface area contributed by atoms with Crippen LogP contribution in [0, 0.1) is 6.92 Å². The number of carbonyl (C=O) groups is 1. The Bertz CT molecular complexity index is 725. The van der Waals surface area contributed by atoms with Gasteiger partial charge in [0.05, 0.1) is 19.8 Å². The molecule has 2 aliphatic heterocycles. The first-order valence-corrected chi connectivity index (χ1v) is 9.46. The topological polar surface area (TPSA) is 82.0 Å². The molecule has 3 rings (SSSR count). The van der Waals surface area contributed by atoms with Gasteiger partial charge in [-0.25, -0.2) is 0 Å². The van der Waals surface area contributed by atoms with E-state index in [-0.39, 0.29) is 23.1 Å². The maximum Gasteiger partial charge on any atom is 0.263 e. The minimum absolute atomic E-state index is 0.192. The van der Waals surface area contributed by atoms with E-state index in [1.165, 1.54) is 0 Å². The summed E-state index contributed by atoms with van der Waals surface area (Å²) in [5, 5.41) is 2.81. The van der Waals surface area contributed by atoms with Gasteiger partial charge in [0.15, 0.2) is 5.79 Å². The average Bonchev–Trinajstić information content (AvgIpc) is 2.99. The molecule has 0 saturated carbocycles. The Kier molecular flexibility index (Phi) is 6.31. The van der Waals surface area contributed by atoms with Crippen molar-refractivity contribution in [2.24, 2.45) is 0 Å². The van der Waals surface area contributed by atoms with Crippen LogP contribution in [0.2, 0.25) is 0 Å². The second kappa shape index (κ2) is 8.52. The van der Waals surface area contributed by atoms with E-state index in [2.05, 4.69) is 10.2 Å². The van der Waals surface area contributed by atoms with Crippen molar-refractivity contribution in [2.45, 2.75) is 39.2 Å². The Balaban J connectivity index is 1.62. The molecule has 150 valence electrons. The third kappa shape index (κ3) is 5.16. The highest BCUT2D eigenvalue weighted by Gasteiger charge is 2.32. The molecule has 1 atom stereocenters. The number of amides is 1. The fourth-order valence-corrected chi connectivity index (χ4v) is 3.35. The first-order valence-electron chi connectivity index (χ1n) is 9.46. The van der Waals surface area contributed by atoms with Gasteiger partial charge < -0.3 is 24.1 Å². The molecule has 0 aromatic carbocycles. The molecule has 2 fully saturated rings. The molecule has 1 aromatic rings. The molecular formula is C19H29N3O5. The summed E-state index contributed by atoms with van der Waals surface area (Å²) in [5.41, 5.74) is 0.603. The smallest absolute Gasteiger partial charge is 0.263 e. The van der Waals surface area contributed by atoms with Gasteiger partial charge in [-0.1, -0.05) is 0 Å². The zero-order valence-corrected chi connectivity index (χ0v) is 16.3. The zero-order valence-electron chi connectivity index (χ0n) is 16.3. The van der Waals surface area contributed by atoms with Gasteiger partial charge in [0, 0.05) is 38.9 Å². The molecule has 8 heteroatoms. The summed E-state index contributed by atoms with van der Waals surface area (Å²) in [5.74, 6) is -1.00. The molecule has 2 aliphatic rings. The van der Waals surface area contributed by atoms with E-state index in [1.807, 2.05) is 19.9 Å². The lowest BCUT2D eigenvalue weighted by Crippen LogP contribution is -2.41. The molecule has 3 heterocycles. The minimum atomic E-state index is -0.635. The van der Waals surface area contributed by atoms with Crippen molar-refractivity contribution in [3.8, 4) is 0 Å². The Hall–Kier alpha value is -1.74. The van der Waals surface area contributed by atoms with Crippen molar-refractivity contribution in [1.29, 1.82) is 0 Å². The zero-order chi connectivity index (χ0) is 19.4. The quantitative estimate of drug-likeness (QED) is 0.769. The van der Waals surface area contributed by atoms with Crippen LogP contribution < -0.4 is 10.9 Å². The van der Waals surface area contributed by atoms with E-state index >= 15 is 0 Å². The van der Waals surface area contributed by atoms with E-state index in [4.69, 9.17) is 14.2 Å². The third-order valence-electron chi connectivity index (χ3n) is 4.92. The lowest BCUT2D eigenvalue weighted by Gasteiger charge is -2.26. The highest BCUT2D eigenvalue weighted by Crippen LogP contribution is 2.21. The Morgan fingerprint density at radius 1 is 1.30 bits per heavy atom. The first kappa shape index (κ1) is 20.0. The van der Waals surface area contributed by atoms with Gasteiger partial charge in [-0.2, -0.15) is 0 Å². The van der Waals surface area contributed by atoms with E-state index in [1.54, 1.807) is 17.7 Å². The molecule has 0 radical (unpaired) electrons. The van der Waals surface area contributed by atoms with Crippen LogP contribution in [0.3, 0.4) is 0 Å². The number of ether oxygens (including phenoxy) is 3. The third-order valence-corrected chi connectivity index (χ3v) is 4.92. The molecule has 27 heavy (non-hydrogen) atoms. The van der Waals surface area contributed by atoms with Crippen LogP contribution in [0.5, 0.6) is 0 Å². The first-order chi connectivity index (χ1) is 12.9. The fraction of sp³-hybridized carbons (Fsp3) is 0.684. The van der Waals surface area contributed by atoms with Crippen molar-refractivity contribution >= 4 is 5.91 Å². The normalized spacial score (nSPS) is 22.7. The highest BCUT2D eigenvalue weighted by molar-refractivity contribution is 5.95. The number of hydrogen-bond donors (Lipinski definition) is 1. The van der Waals surface area contributed by atoms with Crippen LogP contribution in [0.25, 0.3) is 0 Å². The maximum absolute atomic E-state index is 12.8. The number of aromatic nitrogens is 1. The van der Waals surface area contributed by atoms with Gasteiger partial charge in [-0.05, 0) is 32.4 Å². The molecule has 1 amide bonds. The summed E-state index contributed by atoms with van der Waals surface area (Å²) in [6.45, 7) is 10.7. The molecular weight excluding hydrogens is 350 g/mol. The summed E-state index contributed by atoms with van der Waals surface area (Å²) in [4.78, 5) is 27.7. The standard InChI is InChI=1S/C19H29N3O5/c1-14-4-5-22(7-6-21-8-10-25-11-9-21)18(24)16(14)17(23)20-12-15-13-26-19(2,3)27-15/h4-5,15H,6-13H2,1-3H3,(H,20,23). The lowest BCUT2D eigenvalue weighted by atomic mass is 10.1. The maximum atomic E-state index is 12.8. The van der Waals surface area contributed by atoms with E-state index in [0.29, 0.717) is 25.3 Å².